The third kappa shape index (κ3) is 3.61. The van der Waals surface area contributed by atoms with Gasteiger partial charge in [0, 0.05) is 42.3 Å². The van der Waals surface area contributed by atoms with E-state index >= 15 is 0 Å². The number of aliphatic hydroxyl groups excluding tert-OH is 1. The van der Waals surface area contributed by atoms with Gasteiger partial charge in [-0.05, 0) is 42.3 Å². The zero-order chi connectivity index (χ0) is 23.8. The number of methoxy groups -OCH3 is 1. The smallest absolute Gasteiger partial charge is 0.254 e. The molecule has 8 nitrogen and oxygen atoms in total. The van der Waals surface area contributed by atoms with Crippen molar-refractivity contribution in [1.82, 2.24) is 19.3 Å². The number of aromatic nitrogens is 3. The number of anilines is 2. The molecule has 2 N–H and O–H groups in total. The molecule has 0 fully saturated rings. The Morgan fingerprint density at radius 1 is 1.15 bits per heavy atom. The number of aliphatic hydroxyl groups is 1. The summed E-state index contributed by atoms with van der Waals surface area (Å²) in [6, 6.07) is 8.21. The lowest BCUT2D eigenvalue weighted by Crippen LogP contribution is -2.39. The number of β-amino-alcohol motifs (C(OH)–C–C–N with tert-alkyl or cyclic N) is 1. The normalized spacial score (nSPS) is 13.3. The second kappa shape index (κ2) is 8.71. The van der Waals surface area contributed by atoms with Gasteiger partial charge in [-0.3, -0.25) is 9.20 Å². The maximum Gasteiger partial charge on any atom is 0.254 e. The Morgan fingerprint density at radius 2 is 1.97 bits per heavy atom. The molecular weight excluding hydrogens is 444 g/mol. The van der Waals surface area contributed by atoms with E-state index in [-0.39, 0.29) is 23.8 Å². The van der Waals surface area contributed by atoms with E-state index in [1.165, 1.54) is 31.6 Å². The number of fused-ring (bicyclic) bond motifs is 2. The lowest BCUT2D eigenvalue weighted by molar-refractivity contribution is 0.0705. The maximum absolute atomic E-state index is 14.7. The van der Waals surface area contributed by atoms with E-state index in [1.807, 2.05) is 6.07 Å². The van der Waals surface area contributed by atoms with E-state index in [0.29, 0.717) is 47.9 Å². The van der Waals surface area contributed by atoms with Crippen molar-refractivity contribution in [3.05, 3.63) is 71.7 Å². The van der Waals surface area contributed by atoms with Crippen molar-refractivity contribution in [2.75, 3.05) is 32.1 Å². The van der Waals surface area contributed by atoms with E-state index in [2.05, 4.69) is 15.3 Å². The SMILES string of the molecule is COc1ccc(-c2cnc3c(Nc4ccc5c(c4)CCN(CCO)C5=O)nccn23)c(F)c1F. The number of carbonyl (C=O) groups excluding carboxylic acids is 1. The second-order valence-corrected chi connectivity index (χ2v) is 7.82. The molecule has 1 aliphatic heterocycles. The topological polar surface area (TPSA) is 92.0 Å². The summed E-state index contributed by atoms with van der Waals surface area (Å²) in [6.45, 7) is 0.776. The van der Waals surface area contributed by atoms with Crippen molar-refractivity contribution in [3.63, 3.8) is 0 Å². The lowest BCUT2D eigenvalue weighted by Gasteiger charge is -2.28. The van der Waals surface area contributed by atoms with Gasteiger partial charge in [-0.25, -0.2) is 14.4 Å². The molecule has 1 amide bonds. The van der Waals surface area contributed by atoms with Crippen LogP contribution in [0.15, 0.2) is 48.9 Å². The summed E-state index contributed by atoms with van der Waals surface area (Å²) >= 11 is 0. The highest BCUT2D eigenvalue weighted by Gasteiger charge is 2.24. The molecule has 0 unspecified atom stereocenters. The zero-order valence-corrected chi connectivity index (χ0v) is 18.3. The number of rotatable bonds is 6. The van der Waals surface area contributed by atoms with Crippen LogP contribution in [0.4, 0.5) is 20.3 Å². The van der Waals surface area contributed by atoms with Crippen LogP contribution in [0.3, 0.4) is 0 Å². The molecule has 34 heavy (non-hydrogen) atoms. The molecule has 2 aromatic carbocycles. The van der Waals surface area contributed by atoms with Gasteiger partial charge in [-0.15, -0.1) is 0 Å². The quantitative estimate of drug-likeness (QED) is 0.454. The number of hydrogen-bond acceptors (Lipinski definition) is 6. The van der Waals surface area contributed by atoms with E-state index in [0.717, 1.165) is 5.56 Å². The highest BCUT2D eigenvalue weighted by molar-refractivity contribution is 5.97. The molecule has 1 aliphatic rings. The van der Waals surface area contributed by atoms with Crippen LogP contribution in [0.2, 0.25) is 0 Å². The maximum atomic E-state index is 14.7. The number of ether oxygens (including phenoxy) is 1. The lowest BCUT2D eigenvalue weighted by atomic mass is 9.98. The summed E-state index contributed by atoms with van der Waals surface area (Å²) in [5, 5.41) is 12.4. The Hall–Kier alpha value is -4.05. The predicted molar refractivity (Wildman–Crippen MR) is 121 cm³/mol. The van der Waals surface area contributed by atoms with E-state index in [1.54, 1.807) is 27.6 Å². The number of nitrogens with zero attached hydrogens (tertiary/aromatic N) is 4. The molecule has 0 atom stereocenters. The number of nitrogens with one attached hydrogen (secondary N) is 1. The van der Waals surface area contributed by atoms with Gasteiger partial charge >= 0.3 is 0 Å². The molecule has 10 heteroatoms. The van der Waals surface area contributed by atoms with Gasteiger partial charge in [0.1, 0.15) is 0 Å². The summed E-state index contributed by atoms with van der Waals surface area (Å²) < 4.78 is 35.4. The molecule has 2 aromatic heterocycles. The Morgan fingerprint density at radius 3 is 2.76 bits per heavy atom. The molecule has 0 aliphatic carbocycles. The van der Waals surface area contributed by atoms with Crippen LogP contribution in [-0.4, -0.2) is 57.1 Å². The molecule has 5 rings (SSSR count). The number of amides is 1. The molecular formula is C24H21F2N5O3. The number of halogens is 2. The Labute approximate surface area is 193 Å². The molecule has 3 heterocycles. The number of imidazole rings is 1. The molecule has 0 saturated heterocycles. The minimum atomic E-state index is -1.07. The van der Waals surface area contributed by atoms with E-state index < -0.39 is 11.6 Å². The van der Waals surface area contributed by atoms with Crippen molar-refractivity contribution in [2.24, 2.45) is 0 Å². The predicted octanol–water partition coefficient (Wildman–Crippen LogP) is 3.42. The third-order valence-corrected chi connectivity index (χ3v) is 5.88. The first kappa shape index (κ1) is 21.8. The Balaban J connectivity index is 1.47. The van der Waals surface area contributed by atoms with Crippen molar-refractivity contribution in [1.29, 1.82) is 0 Å². The number of benzene rings is 2. The van der Waals surface area contributed by atoms with Gasteiger partial charge < -0.3 is 20.1 Å². The Kier molecular flexibility index (Phi) is 5.58. The minimum Gasteiger partial charge on any atom is -0.494 e. The fourth-order valence-electron chi connectivity index (χ4n) is 4.18. The van der Waals surface area contributed by atoms with Gasteiger partial charge in [-0.2, -0.15) is 4.39 Å². The monoisotopic (exact) mass is 465 g/mol. The summed E-state index contributed by atoms with van der Waals surface area (Å²) in [4.78, 5) is 22.9. The van der Waals surface area contributed by atoms with Gasteiger partial charge in [0.05, 0.1) is 25.6 Å². The Bertz CT molecular complexity index is 1410. The average molecular weight is 465 g/mol. The fourth-order valence-corrected chi connectivity index (χ4v) is 4.18. The van der Waals surface area contributed by atoms with Crippen LogP contribution in [0.5, 0.6) is 5.75 Å². The summed E-state index contributed by atoms with van der Waals surface area (Å²) in [5.41, 5.74) is 3.06. The first-order chi connectivity index (χ1) is 16.5. The van der Waals surface area contributed by atoms with Crippen LogP contribution in [0.25, 0.3) is 16.9 Å². The molecule has 174 valence electrons. The fraction of sp³-hybridized carbons (Fsp3) is 0.208. The van der Waals surface area contributed by atoms with Gasteiger partial charge in [-0.1, -0.05) is 0 Å². The summed E-state index contributed by atoms with van der Waals surface area (Å²) in [7, 11) is 1.27. The molecule has 4 aromatic rings. The van der Waals surface area contributed by atoms with Crippen LogP contribution < -0.4 is 10.1 Å². The van der Waals surface area contributed by atoms with E-state index in [4.69, 9.17) is 9.84 Å². The van der Waals surface area contributed by atoms with Crippen LogP contribution in [0.1, 0.15) is 15.9 Å². The average Bonchev–Trinajstić information content (AvgIpc) is 3.28. The first-order valence-corrected chi connectivity index (χ1v) is 10.7. The largest absolute Gasteiger partial charge is 0.494 e. The highest BCUT2D eigenvalue weighted by Crippen LogP contribution is 2.32. The number of hydrogen-bond donors (Lipinski definition) is 2. The zero-order valence-electron chi connectivity index (χ0n) is 18.3. The van der Waals surface area contributed by atoms with Crippen molar-refractivity contribution in [2.45, 2.75) is 6.42 Å². The van der Waals surface area contributed by atoms with Gasteiger partial charge in [0.25, 0.3) is 5.91 Å². The van der Waals surface area contributed by atoms with Gasteiger partial charge in [0.2, 0.25) is 5.82 Å². The highest BCUT2D eigenvalue weighted by atomic mass is 19.2. The van der Waals surface area contributed by atoms with Crippen molar-refractivity contribution >= 4 is 23.1 Å². The standard InChI is InChI=1S/C24H21F2N5O3/c1-34-19-5-4-17(20(25)21(19)26)18-13-28-23-22(27-7-9-31(18)23)29-15-2-3-16-14(12-15)6-8-30(10-11-32)24(16)33/h2-5,7,9,12-13,32H,6,8,10-11H2,1H3,(H,27,29). The third-order valence-electron chi connectivity index (χ3n) is 5.88. The van der Waals surface area contributed by atoms with Crippen molar-refractivity contribution in [3.8, 4) is 17.0 Å². The van der Waals surface area contributed by atoms with Gasteiger partial charge in [0.15, 0.2) is 23.0 Å². The molecule has 0 spiro atoms. The van der Waals surface area contributed by atoms with Crippen LogP contribution in [0, 0.1) is 11.6 Å². The summed E-state index contributed by atoms with van der Waals surface area (Å²) in [5.74, 6) is -1.95. The number of carbonyl (C=O) groups is 1. The summed E-state index contributed by atoms with van der Waals surface area (Å²) in [6.07, 6.45) is 5.27. The van der Waals surface area contributed by atoms with Crippen LogP contribution in [-0.2, 0) is 6.42 Å². The van der Waals surface area contributed by atoms with E-state index in [9.17, 15) is 13.6 Å². The first-order valence-electron chi connectivity index (χ1n) is 10.7. The molecule has 0 bridgehead atoms. The molecule has 0 saturated carbocycles. The second-order valence-electron chi connectivity index (χ2n) is 7.82. The van der Waals surface area contributed by atoms with Crippen molar-refractivity contribution < 1.29 is 23.4 Å². The minimum absolute atomic E-state index is 0.0441. The molecule has 0 radical (unpaired) electrons. The van der Waals surface area contributed by atoms with Crippen LogP contribution >= 0.6 is 0 Å².